The van der Waals surface area contributed by atoms with Crippen LogP contribution in [0, 0.1) is 0 Å². The van der Waals surface area contributed by atoms with Crippen LogP contribution in [-0.2, 0) is 0 Å². The number of nitrogen functional groups attached to an aromatic ring is 1. The van der Waals surface area contributed by atoms with Gasteiger partial charge < -0.3 is 15.2 Å². The van der Waals surface area contributed by atoms with Crippen LogP contribution in [0.15, 0.2) is 91.0 Å². The third kappa shape index (κ3) is 2.82. The number of hydrogen-bond acceptors (Lipinski definition) is 3. The van der Waals surface area contributed by atoms with Crippen LogP contribution in [0.4, 0.5) is 5.69 Å². The van der Waals surface area contributed by atoms with Crippen molar-refractivity contribution in [2.75, 3.05) is 20.0 Å². The number of nitrogens with two attached hydrogens (primary N) is 1. The van der Waals surface area contributed by atoms with Crippen molar-refractivity contribution in [2.45, 2.75) is 0 Å². The highest BCUT2D eigenvalue weighted by atomic mass is 16.5. The Morgan fingerprint density at radius 2 is 1.21 bits per heavy atom. The van der Waals surface area contributed by atoms with Crippen molar-refractivity contribution in [2.24, 2.45) is 0 Å². The zero-order chi connectivity index (χ0) is 22.5. The molecule has 3 heteroatoms. The fourth-order valence-electron chi connectivity index (χ4n) is 5.18. The second-order valence-electron chi connectivity index (χ2n) is 8.30. The Morgan fingerprint density at radius 3 is 1.88 bits per heavy atom. The molecule has 6 aromatic rings. The molecular formula is C30H23NO2. The van der Waals surface area contributed by atoms with Crippen LogP contribution in [0.3, 0.4) is 0 Å². The molecular weight excluding hydrogens is 406 g/mol. The van der Waals surface area contributed by atoms with Gasteiger partial charge in [-0.2, -0.15) is 0 Å². The summed E-state index contributed by atoms with van der Waals surface area (Å²) >= 11 is 0. The van der Waals surface area contributed by atoms with E-state index in [4.69, 9.17) is 15.2 Å². The third-order valence-corrected chi connectivity index (χ3v) is 6.47. The van der Waals surface area contributed by atoms with Gasteiger partial charge in [0.25, 0.3) is 0 Å². The van der Waals surface area contributed by atoms with Gasteiger partial charge >= 0.3 is 0 Å². The molecule has 160 valence electrons. The first-order chi connectivity index (χ1) is 16.2. The Balaban J connectivity index is 1.93. The van der Waals surface area contributed by atoms with E-state index in [9.17, 15) is 0 Å². The summed E-state index contributed by atoms with van der Waals surface area (Å²) in [4.78, 5) is 0. The molecule has 0 aromatic heterocycles. The maximum Gasteiger partial charge on any atom is 0.138 e. The maximum absolute atomic E-state index is 6.28. The van der Waals surface area contributed by atoms with Gasteiger partial charge in [-0.25, -0.2) is 0 Å². The summed E-state index contributed by atoms with van der Waals surface area (Å²) in [6.45, 7) is 0. The highest BCUT2D eigenvalue weighted by Gasteiger charge is 2.25. The summed E-state index contributed by atoms with van der Waals surface area (Å²) in [5, 5.41) is 6.68. The predicted molar refractivity (Wildman–Crippen MR) is 139 cm³/mol. The summed E-state index contributed by atoms with van der Waals surface area (Å²) < 4.78 is 12.2. The zero-order valence-corrected chi connectivity index (χ0v) is 18.6. The molecule has 0 aliphatic rings. The minimum atomic E-state index is 0.754. The minimum absolute atomic E-state index is 0.754. The average Bonchev–Trinajstić information content (AvgIpc) is 2.86. The Morgan fingerprint density at radius 1 is 0.576 bits per heavy atom. The van der Waals surface area contributed by atoms with Crippen LogP contribution in [-0.4, -0.2) is 14.2 Å². The third-order valence-electron chi connectivity index (χ3n) is 6.47. The topological polar surface area (TPSA) is 44.5 Å². The zero-order valence-electron chi connectivity index (χ0n) is 18.6. The number of ether oxygens (including phenoxy) is 2. The van der Waals surface area contributed by atoms with E-state index in [-0.39, 0.29) is 0 Å². The fraction of sp³-hybridized carbons (Fsp3) is 0.0667. The molecule has 3 nitrogen and oxygen atoms in total. The highest BCUT2D eigenvalue weighted by Crippen LogP contribution is 2.53. The lowest BCUT2D eigenvalue weighted by Gasteiger charge is -2.23. The Kier molecular flexibility index (Phi) is 4.37. The van der Waals surface area contributed by atoms with E-state index in [0.29, 0.717) is 0 Å². The largest absolute Gasteiger partial charge is 0.495 e. The molecule has 6 aromatic carbocycles. The quantitative estimate of drug-likeness (QED) is 0.233. The average molecular weight is 430 g/mol. The monoisotopic (exact) mass is 429 g/mol. The smallest absolute Gasteiger partial charge is 0.138 e. The Labute approximate surface area is 192 Å². The van der Waals surface area contributed by atoms with Crippen molar-refractivity contribution in [1.29, 1.82) is 0 Å². The first-order valence-corrected chi connectivity index (χ1v) is 11.0. The van der Waals surface area contributed by atoms with Crippen molar-refractivity contribution in [3.63, 3.8) is 0 Å². The summed E-state index contributed by atoms with van der Waals surface area (Å²) in [5.74, 6) is 1.63. The van der Waals surface area contributed by atoms with Gasteiger partial charge in [0, 0.05) is 21.8 Å². The Bertz CT molecular complexity index is 1620. The molecule has 0 aliphatic heterocycles. The molecule has 0 radical (unpaired) electrons. The van der Waals surface area contributed by atoms with Crippen LogP contribution in [0.25, 0.3) is 54.6 Å². The first-order valence-electron chi connectivity index (χ1n) is 11.0. The van der Waals surface area contributed by atoms with Crippen LogP contribution in [0.2, 0.25) is 0 Å². The van der Waals surface area contributed by atoms with Crippen LogP contribution >= 0.6 is 0 Å². The summed E-state index contributed by atoms with van der Waals surface area (Å²) in [6, 6.07) is 31.3. The van der Waals surface area contributed by atoms with Crippen molar-refractivity contribution in [3.05, 3.63) is 91.0 Å². The van der Waals surface area contributed by atoms with Gasteiger partial charge in [-0.1, -0.05) is 66.7 Å². The lowest BCUT2D eigenvalue weighted by Crippen LogP contribution is -1.99. The SMILES string of the molecule is COc1c(-c2ccccc2)c(OC)c2c(-c3ccccc3)cc3cc(N)cc4ccc1c2c43. The number of anilines is 1. The predicted octanol–water partition coefficient (Wildman–Crippen LogP) is 7.52. The molecule has 0 bridgehead atoms. The van der Waals surface area contributed by atoms with E-state index in [2.05, 4.69) is 60.7 Å². The number of rotatable bonds is 4. The highest BCUT2D eigenvalue weighted by molar-refractivity contribution is 6.30. The normalized spacial score (nSPS) is 11.5. The van der Waals surface area contributed by atoms with Gasteiger partial charge in [-0.05, 0) is 57.1 Å². The van der Waals surface area contributed by atoms with E-state index in [1.54, 1.807) is 14.2 Å². The molecule has 0 saturated heterocycles. The summed E-state index contributed by atoms with van der Waals surface area (Å²) in [6.07, 6.45) is 0. The number of methoxy groups -OCH3 is 2. The molecule has 0 spiro atoms. The van der Waals surface area contributed by atoms with Crippen molar-refractivity contribution < 1.29 is 9.47 Å². The first kappa shape index (κ1) is 19.4. The second-order valence-corrected chi connectivity index (χ2v) is 8.30. The van der Waals surface area contributed by atoms with E-state index < -0.39 is 0 Å². The lowest BCUT2D eigenvalue weighted by atomic mass is 9.85. The second kappa shape index (κ2) is 7.42. The molecule has 0 atom stereocenters. The molecule has 6 rings (SSSR count). The van der Waals surface area contributed by atoms with E-state index in [1.807, 2.05) is 30.3 Å². The van der Waals surface area contributed by atoms with Crippen molar-refractivity contribution in [1.82, 2.24) is 0 Å². The summed E-state index contributed by atoms with van der Waals surface area (Å²) in [5.41, 5.74) is 11.3. The van der Waals surface area contributed by atoms with Crippen LogP contribution < -0.4 is 15.2 Å². The van der Waals surface area contributed by atoms with E-state index >= 15 is 0 Å². The van der Waals surface area contributed by atoms with Crippen molar-refractivity contribution >= 4 is 38.0 Å². The molecule has 0 fully saturated rings. The fourth-order valence-corrected chi connectivity index (χ4v) is 5.18. The van der Waals surface area contributed by atoms with Gasteiger partial charge in [0.1, 0.15) is 11.5 Å². The molecule has 0 saturated carbocycles. The van der Waals surface area contributed by atoms with Gasteiger partial charge in [0.15, 0.2) is 0 Å². The van der Waals surface area contributed by atoms with Gasteiger partial charge in [-0.3, -0.25) is 0 Å². The summed E-state index contributed by atoms with van der Waals surface area (Å²) in [7, 11) is 3.47. The Hall–Kier alpha value is -4.24. The van der Waals surface area contributed by atoms with E-state index in [0.717, 1.165) is 66.4 Å². The van der Waals surface area contributed by atoms with Gasteiger partial charge in [0.05, 0.1) is 19.8 Å². The van der Waals surface area contributed by atoms with Crippen LogP contribution in [0.1, 0.15) is 0 Å². The molecule has 0 heterocycles. The molecule has 0 unspecified atom stereocenters. The lowest BCUT2D eigenvalue weighted by molar-refractivity contribution is 0.404. The van der Waals surface area contributed by atoms with Crippen LogP contribution in [0.5, 0.6) is 11.5 Å². The molecule has 0 aliphatic carbocycles. The van der Waals surface area contributed by atoms with Gasteiger partial charge in [-0.15, -0.1) is 0 Å². The molecule has 33 heavy (non-hydrogen) atoms. The van der Waals surface area contributed by atoms with E-state index in [1.165, 1.54) is 5.39 Å². The maximum atomic E-state index is 6.28. The standard InChI is InChI=1S/C30H23NO2/c1-32-29-23-14-13-20-15-22(31)16-21-17-24(18-9-5-3-6-10-18)28(27(23)25(20)21)30(33-2)26(29)19-11-7-4-8-12-19/h3-17H,31H2,1-2H3. The molecule has 2 N–H and O–H groups in total. The number of hydrogen-bond donors (Lipinski definition) is 1. The number of benzene rings is 6. The molecule has 0 amide bonds. The minimum Gasteiger partial charge on any atom is -0.495 e. The van der Waals surface area contributed by atoms with Crippen molar-refractivity contribution in [3.8, 4) is 33.8 Å². The van der Waals surface area contributed by atoms with Gasteiger partial charge in [0.2, 0.25) is 0 Å².